The third-order valence-electron chi connectivity index (χ3n) is 3.37. The van der Waals surface area contributed by atoms with Crippen LogP contribution in [0.15, 0.2) is 16.7 Å². The van der Waals surface area contributed by atoms with Crippen LogP contribution in [0, 0.1) is 0 Å². The fourth-order valence-corrected chi connectivity index (χ4v) is 3.27. The predicted octanol–water partition coefficient (Wildman–Crippen LogP) is 4.10. The van der Waals surface area contributed by atoms with E-state index in [-0.39, 0.29) is 12.4 Å². The van der Waals surface area contributed by atoms with E-state index in [1.165, 1.54) is 11.3 Å². The lowest BCUT2D eigenvalue weighted by Crippen LogP contribution is -2.34. The molecule has 0 bridgehead atoms. The molecule has 2 N–H and O–H groups in total. The van der Waals surface area contributed by atoms with Gasteiger partial charge in [-0.3, -0.25) is 0 Å². The molecule has 2 heterocycles. The first-order valence-corrected chi connectivity index (χ1v) is 7.42. The second-order valence-corrected chi connectivity index (χ2v) is 6.54. The van der Waals surface area contributed by atoms with Gasteiger partial charge in [0.2, 0.25) is 0 Å². The van der Waals surface area contributed by atoms with Crippen LogP contribution in [0.3, 0.4) is 0 Å². The summed E-state index contributed by atoms with van der Waals surface area (Å²) in [5.74, 6) is 1.10. The van der Waals surface area contributed by atoms with Crippen LogP contribution in [-0.2, 0) is 5.54 Å². The Morgan fingerprint density at radius 2 is 2.05 bits per heavy atom. The molecule has 1 saturated carbocycles. The first kappa shape index (κ1) is 15.5. The Morgan fingerprint density at radius 3 is 2.70 bits per heavy atom. The lowest BCUT2D eigenvalue weighted by molar-refractivity contribution is 0.364. The summed E-state index contributed by atoms with van der Waals surface area (Å²) in [6.07, 6.45) is 7.81. The molecule has 2 aromatic heterocycles. The van der Waals surface area contributed by atoms with Crippen molar-refractivity contribution in [2.24, 2.45) is 5.73 Å². The molecule has 2 aromatic rings. The number of hydrogen-bond donors (Lipinski definition) is 1. The minimum absolute atomic E-state index is 0. The van der Waals surface area contributed by atoms with Gasteiger partial charge in [0, 0.05) is 11.0 Å². The van der Waals surface area contributed by atoms with Crippen molar-refractivity contribution in [2.75, 3.05) is 0 Å². The van der Waals surface area contributed by atoms with Crippen LogP contribution in [0.2, 0.25) is 4.34 Å². The minimum Gasteiger partial charge on any atom is -0.335 e. The Morgan fingerprint density at radius 1 is 1.30 bits per heavy atom. The van der Waals surface area contributed by atoms with Crippen LogP contribution in [0.4, 0.5) is 0 Å². The maximum Gasteiger partial charge on any atom is 0.250 e. The van der Waals surface area contributed by atoms with Crippen LogP contribution in [0.5, 0.6) is 0 Å². The van der Waals surface area contributed by atoms with Crippen molar-refractivity contribution in [3.8, 4) is 0 Å². The smallest absolute Gasteiger partial charge is 0.250 e. The highest BCUT2D eigenvalue weighted by Gasteiger charge is 2.35. The van der Waals surface area contributed by atoms with E-state index >= 15 is 0 Å². The van der Waals surface area contributed by atoms with Gasteiger partial charge in [0.1, 0.15) is 0 Å². The first-order valence-electron chi connectivity index (χ1n) is 6.22. The molecule has 3 rings (SSSR count). The lowest BCUT2D eigenvalue weighted by atomic mass is 9.99. The monoisotopic (exact) mass is 331 g/mol. The van der Waals surface area contributed by atoms with Gasteiger partial charge >= 0.3 is 0 Å². The average Bonchev–Trinajstić information content (AvgIpc) is 3.08. The second-order valence-electron chi connectivity index (χ2n) is 4.79. The van der Waals surface area contributed by atoms with E-state index in [4.69, 9.17) is 21.9 Å². The molecule has 108 valence electrons. The summed E-state index contributed by atoms with van der Waals surface area (Å²) in [7, 11) is 0. The molecule has 7 heteroatoms. The zero-order valence-electron chi connectivity index (χ0n) is 10.7. The van der Waals surface area contributed by atoms with Crippen molar-refractivity contribution in [1.29, 1.82) is 0 Å². The average molecular weight is 332 g/mol. The zero-order chi connectivity index (χ0) is 13.3. The van der Waals surface area contributed by atoms with Crippen molar-refractivity contribution >= 4 is 47.5 Å². The number of nitrogens with zero attached hydrogens (tertiary/aromatic N) is 2. The molecular formula is C13H15Cl2N3OS. The molecule has 0 saturated heterocycles. The van der Waals surface area contributed by atoms with Gasteiger partial charge in [-0.25, -0.2) is 0 Å². The van der Waals surface area contributed by atoms with E-state index in [1.54, 1.807) is 6.08 Å². The number of nitrogens with two attached hydrogens (primary N) is 1. The van der Waals surface area contributed by atoms with E-state index in [0.29, 0.717) is 11.7 Å². The quantitative estimate of drug-likeness (QED) is 0.919. The van der Waals surface area contributed by atoms with Crippen molar-refractivity contribution in [3.05, 3.63) is 33.1 Å². The molecule has 0 atom stereocenters. The van der Waals surface area contributed by atoms with Gasteiger partial charge < -0.3 is 10.3 Å². The van der Waals surface area contributed by atoms with Gasteiger partial charge in [-0.15, -0.1) is 23.7 Å². The molecular weight excluding hydrogens is 317 g/mol. The van der Waals surface area contributed by atoms with E-state index in [9.17, 15) is 0 Å². The summed E-state index contributed by atoms with van der Waals surface area (Å²) in [4.78, 5) is 5.42. The van der Waals surface area contributed by atoms with Crippen molar-refractivity contribution < 1.29 is 4.52 Å². The van der Waals surface area contributed by atoms with Gasteiger partial charge in [0.05, 0.1) is 9.88 Å². The summed E-state index contributed by atoms with van der Waals surface area (Å²) in [6, 6.07) is 3.81. The number of halogens is 2. The number of thiophene rings is 1. The molecule has 0 aromatic carbocycles. The fraction of sp³-hybridized carbons (Fsp3) is 0.385. The summed E-state index contributed by atoms with van der Waals surface area (Å²) in [6.45, 7) is 0. The van der Waals surface area contributed by atoms with Gasteiger partial charge in [-0.05, 0) is 31.1 Å². The molecule has 0 amide bonds. The summed E-state index contributed by atoms with van der Waals surface area (Å²) in [5, 5.41) is 4.00. The second kappa shape index (κ2) is 6.26. The highest BCUT2D eigenvalue weighted by Crippen LogP contribution is 2.34. The minimum atomic E-state index is -0.401. The highest BCUT2D eigenvalue weighted by molar-refractivity contribution is 7.17. The molecule has 0 radical (unpaired) electrons. The Labute approximate surface area is 132 Å². The molecule has 4 nitrogen and oxygen atoms in total. The summed E-state index contributed by atoms with van der Waals surface area (Å²) < 4.78 is 5.98. The van der Waals surface area contributed by atoms with Crippen LogP contribution in [0.1, 0.15) is 42.3 Å². The molecule has 0 spiro atoms. The van der Waals surface area contributed by atoms with E-state index in [2.05, 4.69) is 10.1 Å². The molecule has 1 fully saturated rings. The first-order chi connectivity index (χ1) is 9.16. The Kier molecular flexibility index (Phi) is 4.86. The molecule has 1 aliphatic rings. The SMILES string of the molecule is Cl.NC1(c2noc(/C=C/c3ccc(Cl)s3)n2)CCCC1. The van der Waals surface area contributed by atoms with Crippen LogP contribution in [-0.4, -0.2) is 10.1 Å². The zero-order valence-corrected chi connectivity index (χ0v) is 13.1. The molecule has 20 heavy (non-hydrogen) atoms. The maximum atomic E-state index is 6.28. The largest absolute Gasteiger partial charge is 0.335 e. The van der Waals surface area contributed by atoms with Crippen LogP contribution >= 0.6 is 35.3 Å². The van der Waals surface area contributed by atoms with Gasteiger partial charge in [0.15, 0.2) is 5.82 Å². The molecule has 0 aliphatic heterocycles. The van der Waals surface area contributed by atoms with E-state index in [0.717, 1.165) is 34.9 Å². The number of hydrogen-bond acceptors (Lipinski definition) is 5. The Balaban J connectivity index is 0.00000147. The third-order valence-corrected chi connectivity index (χ3v) is 4.56. The van der Waals surface area contributed by atoms with Crippen LogP contribution in [0.25, 0.3) is 12.2 Å². The Bertz CT molecular complexity index is 602. The third kappa shape index (κ3) is 3.23. The number of aromatic nitrogens is 2. The molecule has 1 aliphatic carbocycles. The maximum absolute atomic E-state index is 6.28. The van der Waals surface area contributed by atoms with Crippen molar-refractivity contribution in [1.82, 2.24) is 10.1 Å². The van der Waals surface area contributed by atoms with Crippen molar-refractivity contribution in [3.63, 3.8) is 0 Å². The summed E-state index contributed by atoms with van der Waals surface area (Å²) in [5.41, 5.74) is 5.88. The van der Waals surface area contributed by atoms with E-state index in [1.807, 2.05) is 18.2 Å². The van der Waals surface area contributed by atoms with Crippen molar-refractivity contribution in [2.45, 2.75) is 31.2 Å². The predicted molar refractivity (Wildman–Crippen MR) is 84.1 cm³/mol. The Hall–Kier alpha value is -0.880. The standard InChI is InChI=1S/C13H14ClN3OS.ClH/c14-10-5-3-9(19-10)4-6-11-16-12(17-18-11)13(15)7-1-2-8-13;/h3-6H,1-2,7-8,15H2;1H/b6-4+;. The lowest BCUT2D eigenvalue weighted by Gasteiger charge is -2.17. The van der Waals surface area contributed by atoms with Crippen LogP contribution < -0.4 is 5.73 Å². The highest BCUT2D eigenvalue weighted by atomic mass is 35.5. The fourth-order valence-electron chi connectivity index (χ4n) is 2.31. The normalized spacial score (nSPS) is 17.5. The molecule has 0 unspecified atom stereocenters. The number of rotatable bonds is 3. The summed E-state index contributed by atoms with van der Waals surface area (Å²) >= 11 is 7.37. The van der Waals surface area contributed by atoms with E-state index < -0.39 is 5.54 Å². The topological polar surface area (TPSA) is 64.9 Å². The van der Waals surface area contributed by atoms with Gasteiger partial charge in [-0.1, -0.05) is 29.6 Å². The van der Waals surface area contributed by atoms with Gasteiger partial charge in [-0.2, -0.15) is 4.98 Å². The van der Waals surface area contributed by atoms with Gasteiger partial charge in [0.25, 0.3) is 5.89 Å².